The van der Waals surface area contributed by atoms with E-state index in [1.165, 1.54) is 5.56 Å². The molecule has 0 aliphatic heterocycles. The van der Waals surface area contributed by atoms with Gasteiger partial charge in [-0.15, -0.1) is 0 Å². The van der Waals surface area contributed by atoms with E-state index in [0.717, 1.165) is 16.4 Å². The fraction of sp³-hybridized carbons (Fsp3) is 0.188. The summed E-state index contributed by atoms with van der Waals surface area (Å²) >= 11 is 6.15. The number of benzene rings is 2. The maximum Gasteiger partial charge on any atom is 0.187 e. The molecule has 0 spiro atoms. The zero-order valence-electron chi connectivity index (χ0n) is 12.3. The average Bonchev–Trinajstić information content (AvgIpc) is 2.33. The molecule has 2 aromatic rings. The predicted octanol–water partition coefficient (Wildman–Crippen LogP) is 4.03. The first-order valence-corrected chi connectivity index (χ1v) is 7.50. The van der Waals surface area contributed by atoms with E-state index >= 15 is 0 Å². The second-order valence-corrected chi connectivity index (χ2v) is 6.35. The number of rotatable bonds is 3. The van der Waals surface area contributed by atoms with Gasteiger partial charge in [-0.2, -0.15) is 0 Å². The zero-order valence-corrected chi connectivity index (χ0v) is 14.0. The summed E-state index contributed by atoms with van der Waals surface area (Å²) in [4.78, 5) is 12.4. The minimum atomic E-state index is 0. The molecular formula is C16H16ClLiOP. The maximum atomic E-state index is 12.4. The third-order valence-electron chi connectivity index (χ3n) is 3.09. The summed E-state index contributed by atoms with van der Waals surface area (Å²) in [5.41, 5.74) is 4.04. The van der Waals surface area contributed by atoms with Crippen LogP contribution in [0.15, 0.2) is 36.4 Å². The first kappa shape index (κ1) is 17.5. The number of carbonyl (C=O) groups excluding carboxylic acids is 1. The third kappa shape index (κ3) is 3.97. The van der Waals surface area contributed by atoms with E-state index in [4.69, 9.17) is 11.6 Å². The smallest absolute Gasteiger partial charge is 0.187 e. The van der Waals surface area contributed by atoms with Gasteiger partial charge in [0.1, 0.15) is 0 Å². The van der Waals surface area contributed by atoms with E-state index in [9.17, 15) is 4.79 Å². The molecule has 0 saturated heterocycles. The first-order chi connectivity index (χ1) is 8.99. The summed E-state index contributed by atoms with van der Waals surface area (Å²) < 4.78 is 0. The van der Waals surface area contributed by atoms with Gasteiger partial charge < -0.3 is 0 Å². The van der Waals surface area contributed by atoms with Crippen molar-refractivity contribution < 1.29 is 4.79 Å². The largest absolute Gasteiger partial charge is 0.289 e. The molecule has 0 fully saturated rings. The van der Waals surface area contributed by atoms with Crippen LogP contribution in [0, 0.1) is 20.8 Å². The Labute approximate surface area is 139 Å². The summed E-state index contributed by atoms with van der Waals surface area (Å²) in [5.74, 6) is 0. The van der Waals surface area contributed by atoms with Crippen molar-refractivity contribution in [3.8, 4) is 0 Å². The molecular weight excluding hydrogens is 282 g/mol. The topological polar surface area (TPSA) is 17.1 Å². The van der Waals surface area contributed by atoms with Crippen LogP contribution in [0.5, 0.6) is 0 Å². The van der Waals surface area contributed by atoms with Gasteiger partial charge in [-0.3, -0.25) is 4.79 Å². The molecule has 20 heavy (non-hydrogen) atoms. The third-order valence-corrected chi connectivity index (χ3v) is 4.69. The summed E-state index contributed by atoms with van der Waals surface area (Å²) in [5, 5.41) is 1.65. The van der Waals surface area contributed by atoms with Crippen LogP contribution in [0.1, 0.15) is 27.0 Å². The average molecular weight is 298 g/mol. The van der Waals surface area contributed by atoms with Crippen LogP contribution >= 0.6 is 20.2 Å². The van der Waals surface area contributed by atoms with Crippen LogP contribution in [0.25, 0.3) is 0 Å². The van der Waals surface area contributed by atoms with Crippen molar-refractivity contribution in [2.45, 2.75) is 20.8 Å². The first-order valence-electron chi connectivity index (χ1n) is 6.13. The number of aryl methyl sites for hydroxylation is 3. The van der Waals surface area contributed by atoms with Crippen LogP contribution in [-0.2, 0) is 0 Å². The molecule has 0 saturated carbocycles. The van der Waals surface area contributed by atoms with Crippen LogP contribution < -0.4 is 5.30 Å². The van der Waals surface area contributed by atoms with Crippen LogP contribution in [0.2, 0.25) is 5.02 Å². The monoisotopic (exact) mass is 297 g/mol. The second kappa shape index (κ2) is 7.44. The van der Waals surface area contributed by atoms with E-state index in [2.05, 4.69) is 18.2 Å². The van der Waals surface area contributed by atoms with Gasteiger partial charge in [0.05, 0.1) is 5.02 Å². The molecule has 0 amide bonds. The Morgan fingerprint density at radius 1 is 1.05 bits per heavy atom. The van der Waals surface area contributed by atoms with E-state index in [-0.39, 0.29) is 33.0 Å². The van der Waals surface area contributed by atoms with Crippen molar-refractivity contribution >= 4 is 49.9 Å². The molecule has 1 nitrogen and oxygen atoms in total. The standard InChI is InChI=1S/C16H16ClOP.Li/c1-10-7-8-11(2)14(9-10)19-16(18)15-12(3)5-4-6-13(15)17;/h4-9,19H,1-3H3;. The Morgan fingerprint density at radius 2 is 1.75 bits per heavy atom. The Kier molecular flexibility index (Phi) is 6.50. The zero-order chi connectivity index (χ0) is 14.0. The molecule has 0 bridgehead atoms. The fourth-order valence-electron chi connectivity index (χ4n) is 1.97. The molecule has 4 heteroatoms. The van der Waals surface area contributed by atoms with E-state index in [1.807, 2.05) is 32.9 Å². The minimum Gasteiger partial charge on any atom is -0.289 e. The molecule has 1 atom stereocenters. The number of carbonyl (C=O) groups is 1. The Hall–Kier alpha value is -0.573. The van der Waals surface area contributed by atoms with Gasteiger partial charge in [0, 0.05) is 24.4 Å². The van der Waals surface area contributed by atoms with E-state index < -0.39 is 0 Å². The van der Waals surface area contributed by atoms with Crippen LogP contribution in [0.4, 0.5) is 0 Å². The van der Waals surface area contributed by atoms with Crippen molar-refractivity contribution in [3.05, 3.63) is 63.7 Å². The van der Waals surface area contributed by atoms with Gasteiger partial charge in [-0.25, -0.2) is 0 Å². The fourth-order valence-corrected chi connectivity index (χ4v) is 3.64. The van der Waals surface area contributed by atoms with Crippen molar-refractivity contribution in [2.24, 2.45) is 0 Å². The van der Waals surface area contributed by atoms with Gasteiger partial charge in [0.2, 0.25) is 0 Å². The normalized spacial score (nSPS) is 10.6. The van der Waals surface area contributed by atoms with Gasteiger partial charge in [-0.05, 0) is 51.8 Å². The van der Waals surface area contributed by atoms with Crippen LogP contribution in [-0.4, -0.2) is 24.4 Å². The second-order valence-electron chi connectivity index (χ2n) is 4.70. The number of halogens is 1. The molecule has 2 aromatic carbocycles. The summed E-state index contributed by atoms with van der Waals surface area (Å²) in [6.45, 7) is 6.00. The van der Waals surface area contributed by atoms with Gasteiger partial charge in [0.15, 0.2) is 5.52 Å². The predicted molar refractivity (Wildman–Crippen MR) is 90.1 cm³/mol. The number of hydrogen-bond donors (Lipinski definition) is 0. The number of hydrogen-bond acceptors (Lipinski definition) is 1. The molecule has 0 aliphatic carbocycles. The van der Waals surface area contributed by atoms with Gasteiger partial charge in [0.25, 0.3) is 0 Å². The molecule has 99 valence electrons. The SMILES string of the molecule is Cc1ccc(C)c(PC(=O)c2c(C)cccc2Cl)c1.[Li]. The molecule has 0 N–H and O–H groups in total. The quantitative estimate of drug-likeness (QED) is 0.617. The van der Waals surface area contributed by atoms with Crippen molar-refractivity contribution in [1.29, 1.82) is 0 Å². The molecule has 0 aromatic heterocycles. The Bertz CT molecular complexity index is 620. The van der Waals surface area contributed by atoms with Gasteiger partial charge in [-0.1, -0.05) is 47.5 Å². The molecule has 0 aliphatic rings. The minimum absolute atomic E-state index is 0. The molecule has 2 rings (SSSR count). The summed E-state index contributed by atoms with van der Waals surface area (Å²) in [7, 11) is 0.120. The Balaban J connectivity index is 0.00000200. The summed E-state index contributed by atoms with van der Waals surface area (Å²) in [6, 6.07) is 11.8. The summed E-state index contributed by atoms with van der Waals surface area (Å²) in [6.07, 6.45) is 0. The molecule has 0 heterocycles. The van der Waals surface area contributed by atoms with Crippen molar-refractivity contribution in [1.82, 2.24) is 0 Å². The molecule has 1 radical (unpaired) electrons. The van der Waals surface area contributed by atoms with Crippen LogP contribution in [0.3, 0.4) is 0 Å². The Morgan fingerprint density at radius 3 is 2.40 bits per heavy atom. The van der Waals surface area contributed by atoms with Crippen molar-refractivity contribution in [3.63, 3.8) is 0 Å². The van der Waals surface area contributed by atoms with E-state index in [1.54, 1.807) is 6.07 Å². The van der Waals surface area contributed by atoms with Crippen molar-refractivity contribution in [2.75, 3.05) is 0 Å². The maximum absolute atomic E-state index is 12.4. The molecule has 1 unspecified atom stereocenters. The van der Waals surface area contributed by atoms with E-state index in [0.29, 0.717) is 10.6 Å². The van der Waals surface area contributed by atoms with Gasteiger partial charge >= 0.3 is 0 Å².